The van der Waals surface area contributed by atoms with Gasteiger partial charge >= 0.3 is 0 Å². The molecular formula is C17H18FN3O3. The molecule has 0 unspecified atom stereocenters. The van der Waals surface area contributed by atoms with Gasteiger partial charge in [0.25, 0.3) is 5.69 Å². The highest BCUT2D eigenvalue weighted by Crippen LogP contribution is 2.25. The van der Waals surface area contributed by atoms with Gasteiger partial charge in [-0.25, -0.2) is 9.37 Å². The average molecular weight is 331 g/mol. The maximum atomic E-state index is 12.9. The van der Waals surface area contributed by atoms with E-state index >= 15 is 0 Å². The van der Waals surface area contributed by atoms with E-state index in [-0.39, 0.29) is 17.6 Å². The molecule has 2 aromatic rings. The number of piperidine rings is 1. The average Bonchev–Trinajstić information content (AvgIpc) is 2.57. The highest BCUT2D eigenvalue weighted by Gasteiger charge is 2.23. The van der Waals surface area contributed by atoms with Gasteiger partial charge in [0.2, 0.25) is 0 Å². The summed E-state index contributed by atoms with van der Waals surface area (Å²) >= 11 is 0. The third-order valence-electron chi connectivity index (χ3n) is 4.15. The number of anilines is 1. The topological polar surface area (TPSA) is 68.5 Å². The van der Waals surface area contributed by atoms with Crippen molar-refractivity contribution in [3.63, 3.8) is 0 Å². The number of pyridine rings is 1. The molecule has 1 aromatic carbocycles. The van der Waals surface area contributed by atoms with Crippen LogP contribution in [0, 0.1) is 22.9 Å². The summed E-state index contributed by atoms with van der Waals surface area (Å²) in [5, 5.41) is 10.9. The maximum Gasteiger partial charge on any atom is 0.290 e. The van der Waals surface area contributed by atoms with Crippen molar-refractivity contribution in [2.75, 3.05) is 18.0 Å². The Labute approximate surface area is 139 Å². The van der Waals surface area contributed by atoms with Crippen LogP contribution in [0.1, 0.15) is 18.4 Å². The van der Waals surface area contributed by atoms with Crippen molar-refractivity contribution in [2.45, 2.75) is 25.9 Å². The second-order valence-electron chi connectivity index (χ2n) is 5.84. The first-order valence-corrected chi connectivity index (χ1v) is 7.81. The molecule has 3 rings (SSSR count). The van der Waals surface area contributed by atoms with Crippen molar-refractivity contribution in [3.8, 4) is 5.75 Å². The molecule has 0 bridgehead atoms. The number of hydrogen-bond acceptors (Lipinski definition) is 5. The number of aromatic nitrogens is 1. The van der Waals surface area contributed by atoms with E-state index in [0.29, 0.717) is 11.3 Å². The lowest BCUT2D eigenvalue weighted by Crippen LogP contribution is -2.38. The predicted octanol–water partition coefficient (Wildman–Crippen LogP) is 3.49. The molecule has 2 heterocycles. The maximum absolute atomic E-state index is 12.9. The van der Waals surface area contributed by atoms with Crippen LogP contribution in [0.5, 0.6) is 5.75 Å². The lowest BCUT2D eigenvalue weighted by Gasteiger charge is -2.33. The van der Waals surface area contributed by atoms with Crippen LogP contribution in [0.25, 0.3) is 0 Å². The zero-order chi connectivity index (χ0) is 17.1. The van der Waals surface area contributed by atoms with Gasteiger partial charge in [0, 0.05) is 31.5 Å². The van der Waals surface area contributed by atoms with E-state index in [2.05, 4.69) is 9.88 Å². The Morgan fingerprint density at radius 3 is 2.54 bits per heavy atom. The Kier molecular flexibility index (Phi) is 4.59. The fourth-order valence-corrected chi connectivity index (χ4v) is 2.81. The minimum absolute atomic E-state index is 0.0354. The predicted molar refractivity (Wildman–Crippen MR) is 87.9 cm³/mol. The van der Waals surface area contributed by atoms with Crippen LogP contribution in [0.15, 0.2) is 36.5 Å². The van der Waals surface area contributed by atoms with Gasteiger partial charge in [-0.1, -0.05) is 0 Å². The van der Waals surface area contributed by atoms with Gasteiger partial charge in [0.15, 0.2) is 0 Å². The molecule has 6 nitrogen and oxygen atoms in total. The van der Waals surface area contributed by atoms with E-state index in [0.717, 1.165) is 31.7 Å². The lowest BCUT2D eigenvalue weighted by atomic mass is 10.1. The molecule has 0 amide bonds. The Morgan fingerprint density at radius 1 is 1.29 bits per heavy atom. The van der Waals surface area contributed by atoms with Gasteiger partial charge in [-0.2, -0.15) is 0 Å². The van der Waals surface area contributed by atoms with Crippen molar-refractivity contribution >= 4 is 11.5 Å². The van der Waals surface area contributed by atoms with Crippen LogP contribution in [-0.4, -0.2) is 29.1 Å². The highest BCUT2D eigenvalue weighted by molar-refractivity contribution is 5.48. The first-order chi connectivity index (χ1) is 11.5. The van der Waals surface area contributed by atoms with Crippen LogP contribution < -0.4 is 9.64 Å². The van der Waals surface area contributed by atoms with E-state index in [4.69, 9.17) is 4.74 Å². The van der Waals surface area contributed by atoms with Crippen molar-refractivity contribution < 1.29 is 14.1 Å². The van der Waals surface area contributed by atoms with Gasteiger partial charge < -0.3 is 9.64 Å². The molecule has 7 heteroatoms. The number of nitrogens with zero attached hydrogens (tertiary/aromatic N) is 3. The summed E-state index contributed by atoms with van der Waals surface area (Å²) in [6, 6.07) is 7.77. The van der Waals surface area contributed by atoms with Crippen LogP contribution in [-0.2, 0) is 0 Å². The molecule has 1 aliphatic heterocycles. The van der Waals surface area contributed by atoms with E-state index in [1.54, 1.807) is 25.1 Å². The summed E-state index contributed by atoms with van der Waals surface area (Å²) in [5.41, 5.74) is 0.642. The molecule has 0 saturated carbocycles. The van der Waals surface area contributed by atoms with Gasteiger partial charge in [0.05, 0.1) is 4.92 Å². The summed E-state index contributed by atoms with van der Waals surface area (Å²) in [5.74, 6) is 1.13. The molecule has 24 heavy (non-hydrogen) atoms. The Morgan fingerprint density at radius 2 is 1.96 bits per heavy atom. The number of aryl methyl sites for hydroxylation is 1. The summed E-state index contributed by atoms with van der Waals surface area (Å²) < 4.78 is 18.8. The summed E-state index contributed by atoms with van der Waals surface area (Å²) in [4.78, 5) is 16.7. The quantitative estimate of drug-likeness (QED) is 0.634. The normalized spacial score (nSPS) is 15.3. The minimum Gasteiger partial charge on any atom is -0.490 e. The van der Waals surface area contributed by atoms with Crippen molar-refractivity contribution in [3.05, 3.63) is 58.0 Å². The molecule has 0 radical (unpaired) electrons. The molecule has 126 valence electrons. The number of benzene rings is 1. The highest BCUT2D eigenvalue weighted by atomic mass is 19.1. The number of halogens is 1. The monoisotopic (exact) mass is 331 g/mol. The zero-order valence-corrected chi connectivity index (χ0v) is 13.3. The van der Waals surface area contributed by atoms with Crippen LogP contribution in [0.4, 0.5) is 15.9 Å². The molecule has 0 atom stereocenters. The molecule has 1 aliphatic rings. The van der Waals surface area contributed by atoms with Crippen LogP contribution in [0.2, 0.25) is 0 Å². The molecule has 0 aliphatic carbocycles. The van der Waals surface area contributed by atoms with Gasteiger partial charge in [-0.05, 0) is 37.3 Å². The zero-order valence-electron chi connectivity index (χ0n) is 13.3. The standard InChI is InChI=1S/C17H18FN3O3/c1-12-10-17(19-11-16(12)21(22)23)20-8-6-15(7-9-20)24-14-4-2-13(18)3-5-14/h2-5,10-11,15H,6-9H2,1H3. The van der Waals surface area contributed by atoms with Crippen molar-refractivity contribution in [1.29, 1.82) is 0 Å². The van der Waals surface area contributed by atoms with Gasteiger partial charge in [-0.3, -0.25) is 10.1 Å². The Hall–Kier alpha value is -2.70. The Balaban J connectivity index is 1.59. The van der Waals surface area contributed by atoms with E-state index in [1.807, 2.05) is 0 Å². The van der Waals surface area contributed by atoms with Crippen molar-refractivity contribution in [2.24, 2.45) is 0 Å². The fraction of sp³-hybridized carbons (Fsp3) is 0.353. The lowest BCUT2D eigenvalue weighted by molar-refractivity contribution is -0.385. The second-order valence-corrected chi connectivity index (χ2v) is 5.84. The van der Waals surface area contributed by atoms with E-state index in [1.165, 1.54) is 18.3 Å². The largest absolute Gasteiger partial charge is 0.490 e. The van der Waals surface area contributed by atoms with Gasteiger partial charge in [-0.15, -0.1) is 0 Å². The number of rotatable bonds is 4. The Bertz CT molecular complexity index is 728. The van der Waals surface area contributed by atoms with Crippen LogP contribution >= 0.6 is 0 Å². The molecule has 0 spiro atoms. The first-order valence-electron chi connectivity index (χ1n) is 7.81. The SMILES string of the molecule is Cc1cc(N2CCC(Oc3ccc(F)cc3)CC2)ncc1[N+](=O)[O-]. The van der Waals surface area contributed by atoms with E-state index < -0.39 is 4.92 Å². The van der Waals surface area contributed by atoms with Gasteiger partial charge in [0.1, 0.15) is 29.7 Å². The van der Waals surface area contributed by atoms with E-state index in [9.17, 15) is 14.5 Å². The molecular weight excluding hydrogens is 313 g/mol. The smallest absolute Gasteiger partial charge is 0.290 e. The minimum atomic E-state index is -0.422. The summed E-state index contributed by atoms with van der Waals surface area (Å²) in [6.45, 7) is 3.24. The third kappa shape index (κ3) is 3.61. The second kappa shape index (κ2) is 6.82. The molecule has 0 N–H and O–H groups in total. The van der Waals surface area contributed by atoms with Crippen molar-refractivity contribution in [1.82, 2.24) is 4.98 Å². The molecule has 1 fully saturated rings. The third-order valence-corrected chi connectivity index (χ3v) is 4.15. The summed E-state index contributed by atoms with van der Waals surface area (Å²) in [7, 11) is 0. The number of ether oxygens (including phenoxy) is 1. The number of nitro groups is 1. The summed E-state index contributed by atoms with van der Waals surface area (Å²) in [6.07, 6.45) is 3.02. The van der Waals surface area contributed by atoms with Crippen LogP contribution in [0.3, 0.4) is 0 Å². The molecule has 1 aromatic heterocycles. The first kappa shape index (κ1) is 16.2. The fourth-order valence-electron chi connectivity index (χ4n) is 2.81. The number of hydrogen-bond donors (Lipinski definition) is 0. The molecule has 1 saturated heterocycles.